The number of imide groups is 2. The first-order valence-corrected chi connectivity index (χ1v) is 8.76. The number of carbonyl (C=O) groups is 5. The summed E-state index contributed by atoms with van der Waals surface area (Å²) in [5.74, 6) is -2.66. The lowest BCUT2D eigenvalue weighted by atomic mass is 10.0. The molecule has 2 aliphatic heterocycles. The number of hydrogen-bond donors (Lipinski definition) is 2. The zero-order valence-electron chi connectivity index (χ0n) is 13.0. The SMILES string of the molecule is O=C1CCC(N2C(=O)c3cccc(NC(=O)CCBr)c3C2=O)C(=O)N1. The highest BCUT2D eigenvalue weighted by molar-refractivity contribution is 9.09. The second-order valence-corrected chi connectivity index (χ2v) is 6.46. The molecule has 2 heterocycles. The molecule has 1 fully saturated rings. The molecule has 8 nitrogen and oxygen atoms in total. The van der Waals surface area contributed by atoms with Gasteiger partial charge in [0.15, 0.2) is 0 Å². The molecule has 3 rings (SSSR count). The van der Waals surface area contributed by atoms with E-state index in [0.717, 1.165) is 4.90 Å². The van der Waals surface area contributed by atoms with Gasteiger partial charge in [-0.2, -0.15) is 0 Å². The molecule has 0 aromatic heterocycles. The van der Waals surface area contributed by atoms with E-state index in [9.17, 15) is 24.0 Å². The van der Waals surface area contributed by atoms with Crippen molar-refractivity contribution in [2.24, 2.45) is 0 Å². The van der Waals surface area contributed by atoms with Gasteiger partial charge in [-0.25, -0.2) is 0 Å². The average molecular weight is 408 g/mol. The number of rotatable bonds is 4. The second kappa shape index (κ2) is 6.75. The number of fused-ring (bicyclic) bond motifs is 1. The number of carbonyl (C=O) groups excluding carboxylic acids is 5. The van der Waals surface area contributed by atoms with Gasteiger partial charge >= 0.3 is 0 Å². The molecule has 0 spiro atoms. The van der Waals surface area contributed by atoms with Crippen LogP contribution in [0.15, 0.2) is 18.2 Å². The van der Waals surface area contributed by atoms with Crippen LogP contribution in [0.3, 0.4) is 0 Å². The van der Waals surface area contributed by atoms with E-state index >= 15 is 0 Å². The monoisotopic (exact) mass is 407 g/mol. The number of hydrogen-bond acceptors (Lipinski definition) is 5. The van der Waals surface area contributed by atoms with Gasteiger partial charge < -0.3 is 5.32 Å². The molecule has 25 heavy (non-hydrogen) atoms. The Balaban J connectivity index is 1.93. The van der Waals surface area contributed by atoms with E-state index in [1.807, 2.05) is 0 Å². The van der Waals surface area contributed by atoms with Crippen molar-refractivity contribution in [3.8, 4) is 0 Å². The van der Waals surface area contributed by atoms with Crippen LogP contribution in [0.2, 0.25) is 0 Å². The first-order valence-electron chi connectivity index (χ1n) is 7.64. The predicted octanol–water partition coefficient (Wildman–Crippen LogP) is 0.811. The van der Waals surface area contributed by atoms with E-state index in [4.69, 9.17) is 0 Å². The first-order chi connectivity index (χ1) is 11.9. The molecule has 1 aromatic carbocycles. The molecule has 0 radical (unpaired) electrons. The van der Waals surface area contributed by atoms with Crippen molar-refractivity contribution in [3.05, 3.63) is 29.3 Å². The Labute approximate surface area is 151 Å². The normalized spacial score (nSPS) is 19.7. The maximum Gasteiger partial charge on any atom is 0.264 e. The van der Waals surface area contributed by atoms with Crippen LogP contribution in [-0.2, 0) is 14.4 Å². The summed E-state index contributed by atoms with van der Waals surface area (Å²) in [7, 11) is 0. The molecule has 9 heteroatoms. The molecule has 0 saturated carbocycles. The van der Waals surface area contributed by atoms with Crippen LogP contribution in [0.25, 0.3) is 0 Å². The van der Waals surface area contributed by atoms with Crippen molar-refractivity contribution in [1.29, 1.82) is 0 Å². The van der Waals surface area contributed by atoms with Crippen molar-refractivity contribution >= 4 is 51.2 Å². The number of piperidine rings is 1. The summed E-state index contributed by atoms with van der Waals surface area (Å²) in [5.41, 5.74) is 0.433. The van der Waals surface area contributed by atoms with Crippen LogP contribution in [0, 0.1) is 0 Å². The molecular formula is C16H14BrN3O5. The summed E-state index contributed by atoms with van der Waals surface area (Å²) >= 11 is 3.16. The Morgan fingerprint density at radius 2 is 2.00 bits per heavy atom. The summed E-state index contributed by atoms with van der Waals surface area (Å²) in [6, 6.07) is 3.53. The summed E-state index contributed by atoms with van der Waals surface area (Å²) in [4.78, 5) is 61.4. The van der Waals surface area contributed by atoms with Gasteiger partial charge in [0.1, 0.15) is 6.04 Å². The molecule has 130 valence electrons. The molecule has 2 aliphatic rings. The van der Waals surface area contributed by atoms with Crippen LogP contribution < -0.4 is 10.6 Å². The minimum absolute atomic E-state index is 0.0542. The van der Waals surface area contributed by atoms with Crippen LogP contribution in [-0.4, -0.2) is 45.8 Å². The predicted molar refractivity (Wildman–Crippen MR) is 90.2 cm³/mol. The maximum atomic E-state index is 12.8. The first kappa shape index (κ1) is 17.3. The largest absolute Gasteiger partial charge is 0.325 e. The van der Waals surface area contributed by atoms with E-state index in [0.29, 0.717) is 5.33 Å². The third kappa shape index (κ3) is 3.07. The lowest BCUT2D eigenvalue weighted by Crippen LogP contribution is -2.54. The quantitative estimate of drug-likeness (QED) is 0.566. The minimum Gasteiger partial charge on any atom is -0.325 e. The fraction of sp³-hybridized carbons (Fsp3) is 0.312. The average Bonchev–Trinajstić information content (AvgIpc) is 2.81. The topological polar surface area (TPSA) is 113 Å². The summed E-state index contributed by atoms with van der Waals surface area (Å²) in [6.07, 6.45) is 0.350. The second-order valence-electron chi connectivity index (χ2n) is 5.66. The van der Waals surface area contributed by atoms with Crippen molar-refractivity contribution in [3.63, 3.8) is 0 Å². The van der Waals surface area contributed by atoms with Gasteiger partial charge in [0.2, 0.25) is 17.7 Å². The minimum atomic E-state index is -1.03. The van der Waals surface area contributed by atoms with Crippen molar-refractivity contribution in [2.45, 2.75) is 25.3 Å². The third-order valence-electron chi connectivity index (χ3n) is 4.06. The van der Waals surface area contributed by atoms with Gasteiger partial charge in [-0.3, -0.25) is 34.2 Å². The molecule has 0 aliphatic carbocycles. The van der Waals surface area contributed by atoms with E-state index in [-0.39, 0.29) is 42.0 Å². The number of nitrogens with one attached hydrogen (secondary N) is 2. The number of nitrogens with zero attached hydrogens (tertiary/aromatic N) is 1. The lowest BCUT2D eigenvalue weighted by molar-refractivity contribution is -0.136. The van der Waals surface area contributed by atoms with E-state index < -0.39 is 29.7 Å². The van der Waals surface area contributed by atoms with Crippen LogP contribution >= 0.6 is 15.9 Å². The van der Waals surface area contributed by atoms with Crippen LogP contribution in [0.5, 0.6) is 0 Å². The highest BCUT2D eigenvalue weighted by Gasteiger charge is 2.45. The molecule has 1 atom stereocenters. The Hall–Kier alpha value is -2.55. The van der Waals surface area contributed by atoms with Gasteiger partial charge in [-0.1, -0.05) is 22.0 Å². The Kier molecular flexibility index (Phi) is 4.67. The number of benzene rings is 1. The fourth-order valence-electron chi connectivity index (χ4n) is 2.92. The zero-order valence-corrected chi connectivity index (χ0v) is 14.6. The van der Waals surface area contributed by atoms with Crippen LogP contribution in [0.1, 0.15) is 40.0 Å². The summed E-state index contributed by atoms with van der Waals surface area (Å²) in [5, 5.41) is 5.21. The molecular weight excluding hydrogens is 394 g/mol. The Morgan fingerprint density at radius 1 is 1.24 bits per heavy atom. The van der Waals surface area contributed by atoms with Crippen molar-refractivity contribution in [1.82, 2.24) is 10.2 Å². The standard InChI is InChI=1S/C16H14BrN3O5/c17-7-6-12(22)18-9-3-1-2-8-13(9)16(25)20(15(8)24)10-4-5-11(21)19-14(10)23/h1-3,10H,4-7H2,(H,18,22)(H,19,21,23). The van der Waals surface area contributed by atoms with Gasteiger partial charge in [0.05, 0.1) is 16.8 Å². The Bertz CT molecular complexity index is 807. The van der Waals surface area contributed by atoms with Gasteiger partial charge in [0, 0.05) is 18.2 Å². The van der Waals surface area contributed by atoms with Gasteiger partial charge in [0.25, 0.3) is 11.8 Å². The molecule has 1 aromatic rings. The maximum absolute atomic E-state index is 12.8. The van der Waals surface area contributed by atoms with E-state index in [1.54, 1.807) is 6.07 Å². The highest BCUT2D eigenvalue weighted by atomic mass is 79.9. The molecule has 2 N–H and O–H groups in total. The highest BCUT2D eigenvalue weighted by Crippen LogP contribution is 2.32. The molecule has 0 bridgehead atoms. The Morgan fingerprint density at radius 3 is 2.68 bits per heavy atom. The van der Waals surface area contributed by atoms with Gasteiger partial charge in [-0.05, 0) is 18.6 Å². The molecule has 1 saturated heterocycles. The van der Waals surface area contributed by atoms with E-state index in [1.165, 1.54) is 12.1 Å². The summed E-state index contributed by atoms with van der Waals surface area (Å²) < 4.78 is 0. The number of amides is 5. The fourth-order valence-corrected chi connectivity index (χ4v) is 3.28. The number of halogens is 1. The summed E-state index contributed by atoms with van der Waals surface area (Å²) in [6.45, 7) is 0. The number of anilines is 1. The molecule has 5 amide bonds. The van der Waals surface area contributed by atoms with E-state index in [2.05, 4.69) is 26.6 Å². The third-order valence-corrected chi connectivity index (χ3v) is 4.46. The lowest BCUT2D eigenvalue weighted by Gasteiger charge is -2.27. The number of alkyl halides is 1. The van der Waals surface area contributed by atoms with Crippen molar-refractivity contribution in [2.75, 3.05) is 10.6 Å². The molecule has 1 unspecified atom stereocenters. The van der Waals surface area contributed by atoms with Crippen molar-refractivity contribution < 1.29 is 24.0 Å². The zero-order chi connectivity index (χ0) is 18.1. The van der Waals surface area contributed by atoms with Gasteiger partial charge in [-0.15, -0.1) is 0 Å². The smallest absolute Gasteiger partial charge is 0.264 e. The van der Waals surface area contributed by atoms with Crippen LogP contribution in [0.4, 0.5) is 5.69 Å².